The number of benzene rings is 2. The first-order chi connectivity index (χ1) is 25.1. The zero-order valence-electron chi connectivity index (χ0n) is 31.4. The van der Waals surface area contributed by atoms with Crippen molar-refractivity contribution in [3.63, 3.8) is 0 Å². The molecule has 0 unspecified atom stereocenters. The third kappa shape index (κ3) is 7.35. The fraction of sp³-hybridized carbons (Fsp3) is 0.581. The van der Waals surface area contributed by atoms with Crippen molar-refractivity contribution in [2.45, 2.75) is 115 Å². The molecule has 280 valence electrons. The molecule has 0 amide bonds. The Hall–Kier alpha value is -3.49. The van der Waals surface area contributed by atoms with Gasteiger partial charge in [-0.25, -0.2) is 4.79 Å². The maximum atomic E-state index is 13.1. The van der Waals surface area contributed by atoms with Gasteiger partial charge in [0.25, 0.3) is 0 Å². The number of likely N-dealkylation sites (N-methyl/N-ethyl adjacent to an activating group) is 1. The van der Waals surface area contributed by atoms with Crippen molar-refractivity contribution in [1.29, 1.82) is 0 Å². The number of hydrogen-bond donors (Lipinski definition) is 2. The second-order valence-corrected chi connectivity index (χ2v) is 16.4. The Morgan fingerprint density at radius 2 is 1.92 bits per heavy atom. The van der Waals surface area contributed by atoms with Crippen LogP contribution in [0.15, 0.2) is 48.7 Å². The predicted octanol–water partition coefficient (Wildman–Crippen LogP) is 9.07. The van der Waals surface area contributed by atoms with Crippen LogP contribution in [0, 0.1) is 11.8 Å². The first kappa shape index (κ1) is 36.9. The molecule has 7 rings (SSSR count). The number of ether oxygens (including phenoxy) is 3. The lowest BCUT2D eigenvalue weighted by molar-refractivity contribution is -0.144. The minimum Gasteiger partial charge on any atom is -0.493 e. The number of pyridine rings is 1. The van der Waals surface area contributed by atoms with Crippen LogP contribution in [-0.2, 0) is 23.1 Å². The van der Waals surface area contributed by atoms with E-state index in [0.717, 1.165) is 81.1 Å². The van der Waals surface area contributed by atoms with Crippen LogP contribution in [0.1, 0.15) is 107 Å². The lowest BCUT2D eigenvalue weighted by Gasteiger charge is -2.47. The molecule has 1 spiro atoms. The molecule has 1 aliphatic heterocycles. The van der Waals surface area contributed by atoms with Gasteiger partial charge in [-0.3, -0.25) is 4.98 Å². The van der Waals surface area contributed by atoms with Crippen LogP contribution in [0.4, 0.5) is 5.69 Å². The zero-order valence-corrected chi connectivity index (χ0v) is 32.1. The van der Waals surface area contributed by atoms with Crippen LogP contribution in [0.2, 0.25) is 5.02 Å². The number of halogens is 1. The number of carboxylic acid groups (broad SMARTS) is 1. The van der Waals surface area contributed by atoms with Crippen LogP contribution in [0.3, 0.4) is 0 Å². The molecule has 2 N–H and O–H groups in total. The van der Waals surface area contributed by atoms with Crippen molar-refractivity contribution in [1.82, 2.24) is 9.88 Å². The molecule has 8 nitrogen and oxygen atoms in total. The van der Waals surface area contributed by atoms with Crippen LogP contribution in [-0.4, -0.2) is 65.5 Å². The van der Waals surface area contributed by atoms with Gasteiger partial charge in [0.1, 0.15) is 17.4 Å². The highest BCUT2D eigenvalue weighted by atomic mass is 35.5. The quantitative estimate of drug-likeness (QED) is 0.191. The summed E-state index contributed by atoms with van der Waals surface area (Å²) in [5, 5.41) is 14.7. The number of aryl methyl sites for hydroxylation is 1. The van der Waals surface area contributed by atoms with E-state index in [2.05, 4.69) is 55.0 Å². The van der Waals surface area contributed by atoms with Gasteiger partial charge in [-0.05, 0) is 142 Å². The Labute approximate surface area is 314 Å². The van der Waals surface area contributed by atoms with Crippen molar-refractivity contribution >= 4 is 23.3 Å². The maximum Gasteiger partial charge on any atom is 0.329 e. The summed E-state index contributed by atoms with van der Waals surface area (Å²) in [7, 11) is 0. The second kappa shape index (κ2) is 15.5. The van der Waals surface area contributed by atoms with E-state index in [4.69, 9.17) is 25.8 Å². The van der Waals surface area contributed by atoms with E-state index in [1.165, 1.54) is 35.2 Å². The smallest absolute Gasteiger partial charge is 0.329 e. The van der Waals surface area contributed by atoms with Gasteiger partial charge in [0, 0.05) is 41.1 Å². The van der Waals surface area contributed by atoms with Gasteiger partial charge in [0.15, 0.2) is 11.5 Å². The number of anilines is 1. The number of nitrogens with one attached hydrogen (secondary N) is 1. The van der Waals surface area contributed by atoms with Crippen LogP contribution < -0.4 is 19.5 Å². The molecule has 2 aromatic carbocycles. The molecule has 4 atom stereocenters. The molecule has 1 saturated carbocycles. The first-order valence-corrected chi connectivity index (χ1v) is 20.1. The standard InChI is InChI=1S/C43H56ClN3O5/c1-5-47(6-2)26-34-14-20-50-38-23-30-22-31(21-28(3)27-51-37-13-19-45-36-12-7-9-29(4)40(36)37)42(35(30)25-39(38)52-34)15-17-43(18-16-42,41(48)49)46-33-11-8-10-32(44)24-33/h8,10-11,13,19,23-25,28-29,31,34,46H,5-7,9,12,14-18,20-22,26-27H2,1-4H3,(H,48,49)/t28-,29-,31+,34-,42?,43?/m1/s1. The summed E-state index contributed by atoms with van der Waals surface area (Å²) in [6.45, 7) is 13.1. The SMILES string of the molecule is CCN(CC)C[C@H]1CCOc2cc3c(cc2O1)C1(CCC(Nc2cccc(Cl)c2)(C(=O)O)CC1)[C@@H](C[C@@H](C)COc1ccnc2c1[C@H](C)CCC2)C3. The molecule has 0 saturated heterocycles. The van der Waals surface area contributed by atoms with Crippen molar-refractivity contribution < 1.29 is 24.1 Å². The van der Waals surface area contributed by atoms with Gasteiger partial charge in [-0.2, -0.15) is 0 Å². The number of fused-ring (bicyclic) bond motifs is 4. The molecular formula is C43H56ClN3O5. The molecule has 2 heterocycles. The first-order valence-electron chi connectivity index (χ1n) is 19.7. The van der Waals surface area contributed by atoms with Crippen LogP contribution in [0.5, 0.6) is 17.2 Å². The third-order valence-corrected chi connectivity index (χ3v) is 12.9. The molecule has 0 bridgehead atoms. The van der Waals surface area contributed by atoms with E-state index in [1.807, 2.05) is 36.5 Å². The maximum absolute atomic E-state index is 13.1. The lowest BCUT2D eigenvalue weighted by Crippen LogP contribution is -2.53. The molecule has 3 aliphatic carbocycles. The number of carboxylic acids is 1. The number of rotatable bonds is 12. The Balaban J connectivity index is 1.16. The summed E-state index contributed by atoms with van der Waals surface area (Å²) in [5.74, 6) is 2.93. The van der Waals surface area contributed by atoms with Gasteiger partial charge in [0.2, 0.25) is 0 Å². The van der Waals surface area contributed by atoms with E-state index in [1.54, 1.807) is 0 Å². The summed E-state index contributed by atoms with van der Waals surface area (Å²) in [5.41, 5.74) is 4.59. The van der Waals surface area contributed by atoms with Gasteiger partial charge >= 0.3 is 5.97 Å². The fourth-order valence-corrected chi connectivity index (χ4v) is 9.95. The number of carbonyl (C=O) groups is 1. The fourth-order valence-electron chi connectivity index (χ4n) is 9.76. The molecule has 0 radical (unpaired) electrons. The van der Waals surface area contributed by atoms with E-state index in [-0.39, 0.29) is 11.5 Å². The minimum atomic E-state index is -1.07. The minimum absolute atomic E-state index is 0.0547. The highest BCUT2D eigenvalue weighted by molar-refractivity contribution is 6.30. The number of hydrogen-bond acceptors (Lipinski definition) is 7. The average molecular weight is 730 g/mol. The van der Waals surface area contributed by atoms with Crippen molar-refractivity contribution in [3.05, 3.63) is 76.1 Å². The van der Waals surface area contributed by atoms with E-state index < -0.39 is 11.5 Å². The Morgan fingerprint density at radius 1 is 1.12 bits per heavy atom. The van der Waals surface area contributed by atoms with Gasteiger partial charge in [-0.1, -0.05) is 45.4 Å². The normalized spacial score (nSPS) is 27.1. The second-order valence-electron chi connectivity index (χ2n) is 16.0. The van der Waals surface area contributed by atoms with Gasteiger partial charge < -0.3 is 29.5 Å². The van der Waals surface area contributed by atoms with Crippen LogP contribution >= 0.6 is 11.6 Å². The van der Waals surface area contributed by atoms with Crippen LogP contribution in [0.25, 0.3) is 0 Å². The molecule has 3 aromatic rings. The van der Waals surface area contributed by atoms with E-state index in [0.29, 0.717) is 48.8 Å². The summed E-state index contributed by atoms with van der Waals surface area (Å²) in [4.78, 5) is 20.2. The molecule has 9 heteroatoms. The highest BCUT2D eigenvalue weighted by Crippen LogP contribution is 2.58. The van der Waals surface area contributed by atoms with Gasteiger partial charge in [-0.15, -0.1) is 0 Å². The molecule has 1 aromatic heterocycles. The Bertz CT molecular complexity index is 1740. The lowest BCUT2D eigenvalue weighted by atomic mass is 9.59. The summed E-state index contributed by atoms with van der Waals surface area (Å²) in [6.07, 6.45) is 10.6. The van der Waals surface area contributed by atoms with Gasteiger partial charge in [0.05, 0.1) is 13.2 Å². The van der Waals surface area contributed by atoms with Crippen molar-refractivity contribution in [2.75, 3.05) is 38.2 Å². The monoisotopic (exact) mass is 729 g/mol. The molecule has 1 fully saturated rings. The Morgan fingerprint density at radius 3 is 2.67 bits per heavy atom. The summed E-state index contributed by atoms with van der Waals surface area (Å²) in [6, 6.07) is 13.9. The van der Waals surface area contributed by atoms with E-state index in [9.17, 15) is 9.90 Å². The topological polar surface area (TPSA) is 93.2 Å². The molecular weight excluding hydrogens is 674 g/mol. The number of aromatic nitrogens is 1. The predicted molar refractivity (Wildman–Crippen MR) is 206 cm³/mol. The largest absolute Gasteiger partial charge is 0.493 e. The van der Waals surface area contributed by atoms with E-state index >= 15 is 0 Å². The average Bonchev–Trinajstić information content (AvgIpc) is 3.26. The molecule has 4 aliphatic rings. The summed E-state index contributed by atoms with van der Waals surface area (Å²) >= 11 is 6.32. The zero-order chi connectivity index (χ0) is 36.5. The van der Waals surface area contributed by atoms with Crippen molar-refractivity contribution in [3.8, 4) is 17.2 Å². The van der Waals surface area contributed by atoms with Crippen molar-refractivity contribution in [2.24, 2.45) is 11.8 Å². The highest BCUT2D eigenvalue weighted by Gasteiger charge is 2.54. The molecule has 52 heavy (non-hydrogen) atoms. The Kier molecular flexibility index (Phi) is 11.0. The summed E-state index contributed by atoms with van der Waals surface area (Å²) < 4.78 is 19.7. The number of aliphatic carboxylic acids is 1. The third-order valence-electron chi connectivity index (χ3n) is 12.7. The number of nitrogens with zero attached hydrogens (tertiary/aromatic N) is 2.